The maximum Gasteiger partial charge on any atom is 0.265 e. The van der Waals surface area contributed by atoms with Crippen LogP contribution in [0.3, 0.4) is 0 Å². The molecule has 3 unspecified atom stereocenters. The highest BCUT2D eigenvalue weighted by atomic mass is 16.5. The normalized spacial score (nSPS) is 27.5. The zero-order chi connectivity index (χ0) is 15.0. The quantitative estimate of drug-likeness (QED) is 0.764. The van der Waals surface area contributed by atoms with Crippen LogP contribution in [0, 0.1) is 11.8 Å². The Morgan fingerprint density at radius 2 is 2.14 bits per heavy atom. The Morgan fingerprint density at radius 3 is 2.86 bits per heavy atom. The molecule has 2 amide bonds. The molecule has 1 saturated heterocycles. The summed E-state index contributed by atoms with van der Waals surface area (Å²) in [5.41, 5.74) is 1.25. The molecule has 21 heavy (non-hydrogen) atoms. The van der Waals surface area contributed by atoms with Crippen LogP contribution < -0.4 is 20.7 Å². The summed E-state index contributed by atoms with van der Waals surface area (Å²) < 4.78 is 5.49. The lowest BCUT2D eigenvalue weighted by molar-refractivity contribution is -0.122. The van der Waals surface area contributed by atoms with E-state index in [4.69, 9.17) is 4.74 Å². The van der Waals surface area contributed by atoms with Crippen molar-refractivity contribution in [3.63, 3.8) is 0 Å². The van der Waals surface area contributed by atoms with Gasteiger partial charge >= 0.3 is 0 Å². The zero-order valence-corrected chi connectivity index (χ0v) is 12.1. The van der Waals surface area contributed by atoms with Gasteiger partial charge in [0.25, 0.3) is 5.91 Å². The summed E-state index contributed by atoms with van der Waals surface area (Å²) in [7, 11) is 0. The Hall–Kier alpha value is -2.08. The molecule has 3 atom stereocenters. The Bertz CT molecular complexity index is 588. The minimum atomic E-state index is -0.497. The van der Waals surface area contributed by atoms with Crippen molar-refractivity contribution in [2.45, 2.75) is 20.0 Å². The number of ether oxygens (including phenoxy) is 1. The van der Waals surface area contributed by atoms with Crippen LogP contribution in [0.5, 0.6) is 5.75 Å². The van der Waals surface area contributed by atoms with E-state index in [0.29, 0.717) is 29.6 Å². The minimum absolute atomic E-state index is 0.00359. The van der Waals surface area contributed by atoms with Gasteiger partial charge in [-0.2, -0.15) is 0 Å². The molecule has 2 aliphatic rings. The number of hydrogen-bond acceptors (Lipinski definition) is 4. The van der Waals surface area contributed by atoms with Gasteiger partial charge in [-0.15, -0.1) is 0 Å². The summed E-state index contributed by atoms with van der Waals surface area (Å²) in [6, 6.07) is 5.27. The van der Waals surface area contributed by atoms with Crippen LogP contribution >= 0.6 is 0 Å². The van der Waals surface area contributed by atoms with Gasteiger partial charge in [0.1, 0.15) is 5.75 Å². The molecule has 6 heteroatoms. The zero-order valence-electron chi connectivity index (χ0n) is 12.1. The van der Waals surface area contributed by atoms with Gasteiger partial charge in [0.2, 0.25) is 5.91 Å². The van der Waals surface area contributed by atoms with E-state index >= 15 is 0 Å². The summed E-state index contributed by atoms with van der Waals surface area (Å²) in [6.07, 6.45) is -0.497. The maximum atomic E-state index is 12.2. The molecule has 0 aromatic heterocycles. The van der Waals surface area contributed by atoms with Gasteiger partial charge in [-0.25, -0.2) is 0 Å². The molecule has 2 aliphatic heterocycles. The van der Waals surface area contributed by atoms with E-state index in [9.17, 15) is 9.59 Å². The fraction of sp³-hybridized carbons (Fsp3) is 0.467. The van der Waals surface area contributed by atoms with E-state index in [1.54, 1.807) is 25.1 Å². The topological polar surface area (TPSA) is 79.5 Å². The third kappa shape index (κ3) is 2.71. The standard InChI is InChI=1S/C15H19N3O3/c1-8-6-16-7-11(8)15(20)17-10-3-4-13-12(5-10)18-14(19)9(2)21-13/h3-5,8-9,11,16H,6-7H2,1-2H3,(H,17,20)(H,18,19). The first-order valence-corrected chi connectivity index (χ1v) is 7.18. The van der Waals surface area contributed by atoms with Crippen molar-refractivity contribution in [3.8, 4) is 5.75 Å². The summed E-state index contributed by atoms with van der Waals surface area (Å²) in [6.45, 7) is 5.33. The van der Waals surface area contributed by atoms with Crippen LogP contribution in [-0.2, 0) is 9.59 Å². The Balaban J connectivity index is 1.74. The highest BCUT2D eigenvalue weighted by molar-refractivity contribution is 5.99. The number of carbonyl (C=O) groups excluding carboxylic acids is 2. The molecule has 2 heterocycles. The molecule has 0 aliphatic carbocycles. The average molecular weight is 289 g/mol. The van der Waals surface area contributed by atoms with Crippen LogP contribution in [-0.4, -0.2) is 31.0 Å². The second-order valence-corrected chi connectivity index (χ2v) is 5.69. The van der Waals surface area contributed by atoms with Crippen LogP contribution in [0.4, 0.5) is 11.4 Å². The molecular formula is C15H19N3O3. The van der Waals surface area contributed by atoms with Crippen molar-refractivity contribution in [2.24, 2.45) is 11.8 Å². The van der Waals surface area contributed by atoms with E-state index in [-0.39, 0.29) is 17.7 Å². The molecular weight excluding hydrogens is 270 g/mol. The number of anilines is 2. The van der Waals surface area contributed by atoms with Gasteiger partial charge in [0, 0.05) is 12.2 Å². The fourth-order valence-electron chi connectivity index (χ4n) is 2.68. The second kappa shape index (κ2) is 5.37. The molecule has 6 nitrogen and oxygen atoms in total. The van der Waals surface area contributed by atoms with E-state index < -0.39 is 6.10 Å². The number of nitrogens with one attached hydrogen (secondary N) is 3. The number of fused-ring (bicyclic) bond motifs is 1. The van der Waals surface area contributed by atoms with Gasteiger partial charge in [-0.1, -0.05) is 6.92 Å². The van der Waals surface area contributed by atoms with Crippen molar-refractivity contribution < 1.29 is 14.3 Å². The van der Waals surface area contributed by atoms with Crippen LogP contribution in [0.15, 0.2) is 18.2 Å². The van der Waals surface area contributed by atoms with Crippen molar-refractivity contribution in [1.82, 2.24) is 5.32 Å². The smallest absolute Gasteiger partial charge is 0.265 e. The van der Waals surface area contributed by atoms with Crippen molar-refractivity contribution in [1.29, 1.82) is 0 Å². The summed E-state index contributed by atoms with van der Waals surface area (Å²) >= 11 is 0. The fourth-order valence-corrected chi connectivity index (χ4v) is 2.68. The minimum Gasteiger partial charge on any atom is -0.479 e. The van der Waals surface area contributed by atoms with Crippen molar-refractivity contribution in [3.05, 3.63) is 18.2 Å². The largest absolute Gasteiger partial charge is 0.479 e. The molecule has 1 aromatic carbocycles. The molecule has 0 spiro atoms. The van der Waals surface area contributed by atoms with Crippen LogP contribution in [0.25, 0.3) is 0 Å². The number of benzene rings is 1. The first kappa shape index (κ1) is 13.9. The number of carbonyl (C=O) groups is 2. The Kier molecular flexibility index (Phi) is 3.55. The first-order chi connectivity index (χ1) is 10.0. The van der Waals surface area contributed by atoms with Gasteiger partial charge in [0.15, 0.2) is 6.10 Å². The molecule has 0 bridgehead atoms. The third-order valence-corrected chi connectivity index (χ3v) is 4.03. The van der Waals surface area contributed by atoms with E-state index in [0.717, 1.165) is 6.54 Å². The van der Waals surface area contributed by atoms with E-state index in [1.165, 1.54) is 0 Å². The van der Waals surface area contributed by atoms with Crippen molar-refractivity contribution in [2.75, 3.05) is 23.7 Å². The summed E-state index contributed by atoms with van der Waals surface area (Å²) in [5.74, 6) is 0.748. The maximum absolute atomic E-state index is 12.2. The molecule has 3 rings (SSSR count). The molecule has 1 aromatic rings. The number of hydrogen-bond donors (Lipinski definition) is 3. The highest BCUT2D eigenvalue weighted by Crippen LogP contribution is 2.32. The van der Waals surface area contributed by atoms with E-state index in [2.05, 4.69) is 22.9 Å². The predicted octanol–water partition coefficient (Wildman–Crippen LogP) is 1.20. The third-order valence-electron chi connectivity index (χ3n) is 4.03. The van der Waals surface area contributed by atoms with E-state index in [1.807, 2.05) is 0 Å². The SMILES string of the molecule is CC1Oc2ccc(NC(=O)C3CNCC3C)cc2NC1=O. The first-order valence-electron chi connectivity index (χ1n) is 7.18. The van der Waals surface area contributed by atoms with Crippen molar-refractivity contribution >= 4 is 23.2 Å². The highest BCUT2D eigenvalue weighted by Gasteiger charge is 2.30. The summed E-state index contributed by atoms with van der Waals surface area (Å²) in [5, 5.41) is 8.89. The van der Waals surface area contributed by atoms with Gasteiger partial charge in [-0.3, -0.25) is 9.59 Å². The average Bonchev–Trinajstić information content (AvgIpc) is 2.87. The number of amides is 2. The van der Waals surface area contributed by atoms with Gasteiger partial charge < -0.3 is 20.7 Å². The Morgan fingerprint density at radius 1 is 1.33 bits per heavy atom. The monoisotopic (exact) mass is 289 g/mol. The predicted molar refractivity (Wildman–Crippen MR) is 79.3 cm³/mol. The molecule has 3 N–H and O–H groups in total. The number of rotatable bonds is 2. The van der Waals surface area contributed by atoms with Gasteiger partial charge in [0.05, 0.1) is 11.6 Å². The van der Waals surface area contributed by atoms with Crippen LogP contribution in [0.1, 0.15) is 13.8 Å². The second-order valence-electron chi connectivity index (χ2n) is 5.69. The molecule has 1 fully saturated rings. The lowest BCUT2D eigenvalue weighted by atomic mass is 9.97. The molecule has 0 saturated carbocycles. The molecule has 0 radical (unpaired) electrons. The summed E-state index contributed by atoms with van der Waals surface area (Å²) in [4.78, 5) is 23.9. The van der Waals surface area contributed by atoms with Crippen LogP contribution in [0.2, 0.25) is 0 Å². The van der Waals surface area contributed by atoms with Gasteiger partial charge in [-0.05, 0) is 37.6 Å². The lowest BCUT2D eigenvalue weighted by Crippen LogP contribution is -2.34. The lowest BCUT2D eigenvalue weighted by Gasteiger charge is -2.24. The Labute approximate surface area is 123 Å². The molecule has 112 valence electrons.